The van der Waals surface area contributed by atoms with Crippen molar-refractivity contribution in [3.8, 4) is 0 Å². The fourth-order valence-electron chi connectivity index (χ4n) is 1.88. The molecule has 2 nitrogen and oxygen atoms in total. The van der Waals surface area contributed by atoms with Crippen LogP contribution in [-0.2, 0) is 0 Å². The Morgan fingerprint density at radius 2 is 1.85 bits per heavy atom. The number of hydrogen-bond acceptors (Lipinski definition) is 2. The van der Waals surface area contributed by atoms with Gasteiger partial charge in [-0.1, -0.05) is 34.1 Å². The molecule has 2 N–H and O–H groups in total. The first-order chi connectivity index (χ1) is 6.04. The zero-order chi connectivity index (χ0) is 9.90. The van der Waals surface area contributed by atoms with Crippen LogP contribution in [0.1, 0.15) is 40.5 Å². The third kappa shape index (κ3) is 3.28. The molecular weight excluding hydrogens is 160 g/mol. The zero-order valence-corrected chi connectivity index (χ0v) is 9.48. The van der Waals surface area contributed by atoms with Crippen LogP contribution in [0.5, 0.6) is 0 Å². The van der Waals surface area contributed by atoms with E-state index < -0.39 is 0 Å². The Morgan fingerprint density at radius 3 is 2.23 bits per heavy atom. The molecule has 0 spiro atoms. The Bertz CT molecular complexity index is 141. The van der Waals surface area contributed by atoms with Gasteiger partial charge in [0.2, 0.25) is 0 Å². The van der Waals surface area contributed by atoms with Gasteiger partial charge in [0.15, 0.2) is 0 Å². The highest BCUT2D eigenvalue weighted by atomic mass is 15.1. The highest BCUT2D eigenvalue weighted by Crippen LogP contribution is 2.20. The average molecular weight is 184 g/mol. The lowest BCUT2D eigenvalue weighted by Crippen LogP contribution is -2.58. The van der Waals surface area contributed by atoms with Gasteiger partial charge < -0.3 is 10.6 Å². The first-order valence-corrected chi connectivity index (χ1v) is 5.50. The highest BCUT2D eigenvalue weighted by molar-refractivity contribution is 4.89. The molecule has 2 atom stereocenters. The van der Waals surface area contributed by atoms with E-state index in [9.17, 15) is 0 Å². The van der Waals surface area contributed by atoms with Gasteiger partial charge in [-0.2, -0.15) is 0 Å². The van der Waals surface area contributed by atoms with Gasteiger partial charge in [-0.15, -0.1) is 0 Å². The molecule has 13 heavy (non-hydrogen) atoms. The van der Waals surface area contributed by atoms with Crippen molar-refractivity contribution in [2.75, 3.05) is 13.1 Å². The maximum absolute atomic E-state index is 3.63. The lowest BCUT2D eigenvalue weighted by molar-refractivity contribution is 0.210. The molecule has 1 fully saturated rings. The Labute approximate surface area is 82.5 Å². The number of hydrogen-bond donors (Lipinski definition) is 2. The maximum atomic E-state index is 3.63. The molecule has 1 aliphatic heterocycles. The molecule has 2 unspecified atom stereocenters. The molecule has 0 saturated carbocycles. The second-order valence-corrected chi connectivity index (χ2v) is 5.22. The fourth-order valence-corrected chi connectivity index (χ4v) is 1.88. The Morgan fingerprint density at radius 1 is 1.15 bits per heavy atom. The topological polar surface area (TPSA) is 24.1 Å². The molecule has 78 valence electrons. The average Bonchev–Trinajstić information content (AvgIpc) is 2.04. The minimum Gasteiger partial charge on any atom is -0.311 e. The van der Waals surface area contributed by atoms with Crippen LogP contribution in [0.4, 0.5) is 0 Å². The first-order valence-electron chi connectivity index (χ1n) is 5.50. The molecule has 0 aromatic heterocycles. The Balaban J connectivity index is 2.30. The van der Waals surface area contributed by atoms with Crippen molar-refractivity contribution < 1.29 is 0 Å². The van der Waals surface area contributed by atoms with Crippen molar-refractivity contribution in [1.29, 1.82) is 0 Å². The third-order valence-corrected chi connectivity index (χ3v) is 2.90. The van der Waals surface area contributed by atoms with Crippen molar-refractivity contribution >= 4 is 0 Å². The van der Waals surface area contributed by atoms with E-state index in [4.69, 9.17) is 0 Å². The zero-order valence-electron chi connectivity index (χ0n) is 9.48. The highest BCUT2D eigenvalue weighted by Gasteiger charge is 2.28. The maximum Gasteiger partial charge on any atom is 0.0241 e. The molecule has 1 aliphatic rings. The summed E-state index contributed by atoms with van der Waals surface area (Å²) in [6.07, 6.45) is 2.57. The molecule has 2 heteroatoms. The molecule has 0 aromatic carbocycles. The summed E-state index contributed by atoms with van der Waals surface area (Å²) in [5, 5.41) is 7.25. The molecule has 1 saturated heterocycles. The molecular formula is C11H24N2. The van der Waals surface area contributed by atoms with Crippen molar-refractivity contribution in [2.45, 2.75) is 52.6 Å². The van der Waals surface area contributed by atoms with E-state index in [0.717, 1.165) is 13.1 Å². The third-order valence-electron chi connectivity index (χ3n) is 2.90. The summed E-state index contributed by atoms with van der Waals surface area (Å²) in [6.45, 7) is 11.4. The van der Waals surface area contributed by atoms with Crippen LogP contribution in [0.15, 0.2) is 0 Å². The molecule has 0 aliphatic carbocycles. The largest absolute Gasteiger partial charge is 0.311 e. The second kappa shape index (κ2) is 4.43. The monoisotopic (exact) mass is 184 g/mol. The molecule has 0 bridgehead atoms. The van der Waals surface area contributed by atoms with Crippen LogP contribution in [0.25, 0.3) is 0 Å². The van der Waals surface area contributed by atoms with Gasteiger partial charge in [0, 0.05) is 25.2 Å². The summed E-state index contributed by atoms with van der Waals surface area (Å²) in [4.78, 5) is 0. The van der Waals surface area contributed by atoms with Crippen LogP contribution in [-0.4, -0.2) is 25.2 Å². The smallest absolute Gasteiger partial charge is 0.0241 e. The van der Waals surface area contributed by atoms with E-state index in [1.165, 1.54) is 12.8 Å². The van der Waals surface area contributed by atoms with Gasteiger partial charge in [-0.05, 0) is 11.8 Å². The van der Waals surface area contributed by atoms with E-state index in [2.05, 4.69) is 38.3 Å². The quantitative estimate of drug-likeness (QED) is 0.683. The van der Waals surface area contributed by atoms with E-state index in [-0.39, 0.29) is 0 Å². The van der Waals surface area contributed by atoms with E-state index in [1.54, 1.807) is 0 Å². The summed E-state index contributed by atoms with van der Waals surface area (Å²) in [7, 11) is 0. The first kappa shape index (κ1) is 11.0. The summed E-state index contributed by atoms with van der Waals surface area (Å²) < 4.78 is 0. The van der Waals surface area contributed by atoms with Crippen molar-refractivity contribution in [3.63, 3.8) is 0 Å². The summed E-state index contributed by atoms with van der Waals surface area (Å²) in [5.74, 6) is 0. The molecule has 0 radical (unpaired) electrons. The lowest BCUT2D eigenvalue weighted by atomic mass is 9.85. The Kier molecular flexibility index (Phi) is 3.74. The van der Waals surface area contributed by atoms with Crippen molar-refractivity contribution in [1.82, 2.24) is 10.6 Å². The second-order valence-electron chi connectivity index (χ2n) is 5.22. The van der Waals surface area contributed by atoms with Gasteiger partial charge in [-0.3, -0.25) is 0 Å². The van der Waals surface area contributed by atoms with E-state index >= 15 is 0 Å². The molecule has 1 heterocycles. The van der Waals surface area contributed by atoms with Crippen LogP contribution in [0.3, 0.4) is 0 Å². The van der Waals surface area contributed by atoms with E-state index in [0.29, 0.717) is 17.5 Å². The molecule has 0 amide bonds. The van der Waals surface area contributed by atoms with Gasteiger partial charge in [0.25, 0.3) is 0 Å². The number of piperazine rings is 1. The predicted molar refractivity (Wildman–Crippen MR) is 57.9 cm³/mol. The van der Waals surface area contributed by atoms with Crippen LogP contribution in [0.2, 0.25) is 0 Å². The number of nitrogens with one attached hydrogen (secondary N) is 2. The van der Waals surface area contributed by atoms with Gasteiger partial charge in [0.05, 0.1) is 0 Å². The predicted octanol–water partition coefficient (Wildman–Crippen LogP) is 1.76. The van der Waals surface area contributed by atoms with Gasteiger partial charge in [0.1, 0.15) is 0 Å². The lowest BCUT2D eigenvalue weighted by Gasteiger charge is -2.38. The van der Waals surface area contributed by atoms with E-state index in [1.807, 2.05) is 0 Å². The molecule has 0 aromatic rings. The SMILES string of the molecule is CCCC1CNC(C(C)(C)C)CN1. The summed E-state index contributed by atoms with van der Waals surface area (Å²) in [6, 6.07) is 1.32. The summed E-state index contributed by atoms with van der Waals surface area (Å²) in [5.41, 5.74) is 0.379. The van der Waals surface area contributed by atoms with Crippen LogP contribution >= 0.6 is 0 Å². The minimum atomic E-state index is 0.379. The van der Waals surface area contributed by atoms with Crippen molar-refractivity contribution in [2.24, 2.45) is 5.41 Å². The fraction of sp³-hybridized carbons (Fsp3) is 1.00. The van der Waals surface area contributed by atoms with Gasteiger partial charge in [-0.25, -0.2) is 0 Å². The van der Waals surface area contributed by atoms with Crippen molar-refractivity contribution in [3.05, 3.63) is 0 Å². The van der Waals surface area contributed by atoms with Crippen LogP contribution in [0, 0.1) is 5.41 Å². The minimum absolute atomic E-state index is 0.379. The number of rotatable bonds is 2. The standard InChI is InChI=1S/C11H24N2/c1-5-6-9-7-13-10(8-12-9)11(2,3)4/h9-10,12-13H,5-8H2,1-4H3. The normalized spacial score (nSPS) is 30.5. The van der Waals surface area contributed by atoms with Gasteiger partial charge >= 0.3 is 0 Å². The Hall–Kier alpha value is -0.0800. The summed E-state index contributed by atoms with van der Waals surface area (Å²) >= 11 is 0. The molecule has 1 rings (SSSR count). The van der Waals surface area contributed by atoms with Crippen LogP contribution < -0.4 is 10.6 Å².